The summed E-state index contributed by atoms with van der Waals surface area (Å²) in [4.78, 5) is 32.5. The van der Waals surface area contributed by atoms with E-state index in [0.29, 0.717) is 69.0 Å². The number of esters is 1. The van der Waals surface area contributed by atoms with Gasteiger partial charge >= 0.3 is 5.97 Å². The van der Waals surface area contributed by atoms with Crippen LogP contribution in [0.1, 0.15) is 50.4 Å². The number of carbonyl (C=O) groups excluding carboxylic acids is 1. The van der Waals surface area contributed by atoms with Crippen LogP contribution in [0.5, 0.6) is 28.7 Å². The Bertz CT molecular complexity index is 1980. The lowest BCUT2D eigenvalue weighted by molar-refractivity contribution is -0.139. The summed E-state index contributed by atoms with van der Waals surface area (Å²) in [6.45, 7) is 8.97. The molecule has 0 N–H and O–H groups in total. The van der Waals surface area contributed by atoms with E-state index in [9.17, 15) is 9.59 Å². The lowest BCUT2D eigenvalue weighted by Gasteiger charge is -2.25. The molecule has 0 fully saturated rings. The highest BCUT2D eigenvalue weighted by atomic mass is 32.1. The summed E-state index contributed by atoms with van der Waals surface area (Å²) in [5.74, 6) is 2.72. The summed E-state index contributed by atoms with van der Waals surface area (Å²) in [6.07, 6.45) is 1.82. The van der Waals surface area contributed by atoms with E-state index in [-0.39, 0.29) is 19.0 Å². The molecule has 6 rings (SSSR count). The molecule has 2 aliphatic rings. The Labute approximate surface area is 269 Å². The highest BCUT2D eigenvalue weighted by molar-refractivity contribution is 7.07. The van der Waals surface area contributed by atoms with Crippen LogP contribution in [0.25, 0.3) is 6.08 Å². The molecule has 1 aromatic heterocycles. The molecule has 0 radical (unpaired) electrons. The van der Waals surface area contributed by atoms with Gasteiger partial charge in [0.05, 0.1) is 41.7 Å². The molecule has 10 nitrogen and oxygen atoms in total. The number of carbonyl (C=O) groups is 1. The fourth-order valence-electron chi connectivity index (χ4n) is 5.35. The Balaban J connectivity index is 1.33. The van der Waals surface area contributed by atoms with Gasteiger partial charge in [-0.2, -0.15) is 0 Å². The molecular weight excluding hydrogens is 608 g/mol. The van der Waals surface area contributed by atoms with Crippen molar-refractivity contribution < 1.29 is 33.2 Å². The number of benzene rings is 3. The molecule has 4 aromatic rings. The highest BCUT2D eigenvalue weighted by Crippen LogP contribution is 2.36. The van der Waals surface area contributed by atoms with E-state index < -0.39 is 12.0 Å². The lowest BCUT2D eigenvalue weighted by atomic mass is 9.95. The van der Waals surface area contributed by atoms with Crippen molar-refractivity contribution in [1.29, 1.82) is 0 Å². The lowest BCUT2D eigenvalue weighted by Crippen LogP contribution is -2.40. The summed E-state index contributed by atoms with van der Waals surface area (Å²) < 4.78 is 35.9. The molecule has 0 saturated carbocycles. The zero-order chi connectivity index (χ0) is 32.2. The van der Waals surface area contributed by atoms with Crippen molar-refractivity contribution in [3.05, 3.63) is 108 Å². The van der Waals surface area contributed by atoms with Crippen LogP contribution in [0, 0.1) is 0 Å². The van der Waals surface area contributed by atoms with Gasteiger partial charge in [-0.05, 0) is 86.9 Å². The summed E-state index contributed by atoms with van der Waals surface area (Å²) in [5.41, 5.74) is 2.99. The largest absolute Gasteiger partial charge is 0.490 e. The summed E-state index contributed by atoms with van der Waals surface area (Å²) in [7, 11) is 0. The van der Waals surface area contributed by atoms with E-state index in [1.807, 2.05) is 74.5 Å². The van der Waals surface area contributed by atoms with Crippen molar-refractivity contribution in [1.82, 2.24) is 4.57 Å². The smallest absolute Gasteiger partial charge is 0.338 e. The molecule has 2 aliphatic heterocycles. The van der Waals surface area contributed by atoms with Crippen LogP contribution >= 0.6 is 11.3 Å². The van der Waals surface area contributed by atoms with Crippen molar-refractivity contribution in [2.24, 2.45) is 4.99 Å². The molecule has 0 bridgehead atoms. The molecule has 0 unspecified atom stereocenters. The fraction of sp³-hybridized carbons (Fsp3) is 0.286. The molecule has 0 saturated heterocycles. The van der Waals surface area contributed by atoms with Crippen LogP contribution in [0.15, 0.2) is 81.7 Å². The van der Waals surface area contributed by atoms with Crippen LogP contribution in [-0.2, 0) is 16.1 Å². The first kappa shape index (κ1) is 31.0. The van der Waals surface area contributed by atoms with E-state index >= 15 is 0 Å². The molecule has 0 aliphatic carbocycles. The second-order valence-corrected chi connectivity index (χ2v) is 11.4. The number of ether oxygens (including phenoxy) is 6. The molecular formula is C35H34N2O8S. The van der Waals surface area contributed by atoms with Crippen molar-refractivity contribution in [2.75, 3.05) is 26.6 Å². The van der Waals surface area contributed by atoms with E-state index in [4.69, 9.17) is 28.4 Å². The van der Waals surface area contributed by atoms with E-state index in [1.165, 1.54) is 11.3 Å². The minimum absolute atomic E-state index is 0.191. The second kappa shape index (κ2) is 13.5. The van der Waals surface area contributed by atoms with Gasteiger partial charge in [-0.3, -0.25) is 9.36 Å². The van der Waals surface area contributed by atoms with Crippen LogP contribution in [0.4, 0.5) is 0 Å². The van der Waals surface area contributed by atoms with Gasteiger partial charge < -0.3 is 28.4 Å². The second-order valence-electron chi connectivity index (χ2n) is 10.4. The van der Waals surface area contributed by atoms with Gasteiger partial charge in [0.2, 0.25) is 6.79 Å². The Hall–Kier alpha value is -5.03. The summed E-state index contributed by atoms with van der Waals surface area (Å²) in [5, 5.41) is 0. The van der Waals surface area contributed by atoms with Gasteiger partial charge in [-0.25, -0.2) is 9.79 Å². The van der Waals surface area contributed by atoms with Gasteiger partial charge in [0.1, 0.15) is 12.4 Å². The number of hydrogen-bond donors (Lipinski definition) is 0. The number of nitrogens with zero attached hydrogens (tertiary/aromatic N) is 2. The van der Waals surface area contributed by atoms with Crippen LogP contribution in [0.2, 0.25) is 0 Å². The number of hydrogen-bond acceptors (Lipinski definition) is 10. The summed E-state index contributed by atoms with van der Waals surface area (Å²) in [6, 6.07) is 17.9. The molecule has 0 amide bonds. The predicted molar refractivity (Wildman–Crippen MR) is 173 cm³/mol. The van der Waals surface area contributed by atoms with Crippen molar-refractivity contribution in [3.63, 3.8) is 0 Å². The Kier molecular flexibility index (Phi) is 9.11. The fourth-order valence-corrected chi connectivity index (χ4v) is 6.40. The van der Waals surface area contributed by atoms with Gasteiger partial charge in [0.25, 0.3) is 5.56 Å². The Morgan fingerprint density at radius 3 is 2.46 bits per heavy atom. The van der Waals surface area contributed by atoms with Crippen molar-refractivity contribution in [2.45, 2.75) is 40.3 Å². The maximum Gasteiger partial charge on any atom is 0.338 e. The molecule has 1 atom stereocenters. The average molecular weight is 643 g/mol. The molecule has 238 valence electrons. The third-order valence-electron chi connectivity index (χ3n) is 7.42. The number of fused-ring (bicyclic) bond motifs is 2. The first-order valence-electron chi connectivity index (χ1n) is 15.1. The molecule has 0 spiro atoms. The standard InChI is InChI=1S/C35H34N2O8S/c1-5-40-26-15-11-24(18-29(26)41-6-2)32-31(34(39)42-7-3)21(4)36-35-37(32)33(38)30(46-35)17-22-8-12-25(13-9-22)43-19-23-10-14-27-28(16-23)45-20-44-27/h8-18,32H,5-7,19-20H2,1-4H3/b30-17-/t32-/m1/s1. The summed E-state index contributed by atoms with van der Waals surface area (Å²) >= 11 is 1.27. The maximum absolute atomic E-state index is 14.0. The predicted octanol–water partition coefficient (Wildman–Crippen LogP) is 4.90. The zero-order valence-electron chi connectivity index (χ0n) is 26.0. The normalized spacial score (nSPS) is 15.3. The minimum atomic E-state index is -0.765. The van der Waals surface area contributed by atoms with Crippen LogP contribution in [-0.4, -0.2) is 37.1 Å². The van der Waals surface area contributed by atoms with Gasteiger partial charge in [-0.15, -0.1) is 0 Å². The molecule has 3 aromatic carbocycles. The van der Waals surface area contributed by atoms with E-state index in [2.05, 4.69) is 4.99 Å². The molecule has 11 heteroatoms. The zero-order valence-corrected chi connectivity index (χ0v) is 26.8. The highest BCUT2D eigenvalue weighted by Gasteiger charge is 2.34. The number of rotatable bonds is 11. The quantitative estimate of drug-likeness (QED) is 0.213. The number of aromatic nitrogens is 1. The minimum Gasteiger partial charge on any atom is -0.490 e. The van der Waals surface area contributed by atoms with Crippen molar-refractivity contribution >= 4 is 23.4 Å². The number of allylic oxidation sites excluding steroid dienone is 1. The Morgan fingerprint density at radius 1 is 0.935 bits per heavy atom. The topological polar surface area (TPSA) is 107 Å². The van der Waals surface area contributed by atoms with E-state index in [0.717, 1.165) is 16.9 Å². The van der Waals surface area contributed by atoms with Gasteiger partial charge in [0, 0.05) is 0 Å². The molecule has 3 heterocycles. The maximum atomic E-state index is 14.0. The first-order chi connectivity index (χ1) is 22.4. The van der Waals surface area contributed by atoms with Crippen LogP contribution < -0.4 is 38.6 Å². The average Bonchev–Trinajstić information content (AvgIpc) is 3.64. The van der Waals surface area contributed by atoms with Crippen molar-refractivity contribution in [3.8, 4) is 28.7 Å². The van der Waals surface area contributed by atoms with Crippen LogP contribution in [0.3, 0.4) is 0 Å². The van der Waals surface area contributed by atoms with E-state index in [1.54, 1.807) is 24.5 Å². The third kappa shape index (κ3) is 6.23. The molecule has 46 heavy (non-hydrogen) atoms. The van der Waals surface area contributed by atoms with Gasteiger partial charge in [0.15, 0.2) is 27.8 Å². The van der Waals surface area contributed by atoms with Gasteiger partial charge in [-0.1, -0.05) is 35.6 Å². The monoisotopic (exact) mass is 642 g/mol. The number of thiazole rings is 1. The first-order valence-corrected chi connectivity index (χ1v) is 15.9. The third-order valence-corrected chi connectivity index (χ3v) is 8.40. The Morgan fingerprint density at radius 2 is 1.70 bits per heavy atom. The SMILES string of the molecule is CCOC(=O)C1=C(C)N=c2s/c(=C\c3ccc(OCc4ccc5c(c4)OCO5)cc3)c(=O)n2[C@@H]1c1ccc(OCC)c(OCC)c1.